The molecule has 0 radical (unpaired) electrons. The van der Waals surface area contributed by atoms with Crippen LogP contribution in [0.1, 0.15) is 12.5 Å². The second kappa shape index (κ2) is 7.78. The van der Waals surface area contributed by atoms with Gasteiger partial charge in [0.25, 0.3) is 0 Å². The normalized spacial score (nSPS) is 10.9. The van der Waals surface area contributed by atoms with Crippen molar-refractivity contribution >= 4 is 21.9 Å². The topological polar surface area (TPSA) is 27.6 Å². The molecule has 0 aliphatic rings. The van der Waals surface area contributed by atoms with Gasteiger partial charge in [-0.05, 0) is 18.6 Å². The summed E-state index contributed by atoms with van der Waals surface area (Å²) in [6.07, 6.45) is 5.24. The van der Waals surface area contributed by atoms with Crippen molar-refractivity contribution in [3.63, 3.8) is 0 Å². The van der Waals surface area contributed by atoms with E-state index in [2.05, 4.69) is 43.1 Å². The minimum atomic E-state index is 0.392. The van der Waals surface area contributed by atoms with Gasteiger partial charge in [-0.1, -0.05) is 40.0 Å². The minimum absolute atomic E-state index is 0.392. The van der Waals surface area contributed by atoms with Crippen LogP contribution in [-0.4, -0.2) is 31.0 Å². The van der Waals surface area contributed by atoms with Gasteiger partial charge in [0.05, 0.1) is 0 Å². The second-order valence-corrected chi connectivity index (χ2v) is 4.68. The molecule has 4 heteroatoms. The number of hydrogen-bond donors (Lipinski definition) is 1. The first-order valence-corrected chi connectivity index (χ1v) is 6.64. The van der Waals surface area contributed by atoms with Crippen molar-refractivity contribution < 1.29 is 0 Å². The van der Waals surface area contributed by atoms with Crippen molar-refractivity contribution in [2.75, 3.05) is 20.1 Å². The third-order valence-corrected chi connectivity index (χ3v) is 3.16. The van der Waals surface area contributed by atoms with Crippen LogP contribution in [0.5, 0.6) is 0 Å². The third kappa shape index (κ3) is 4.42. The molecule has 0 bridgehead atoms. The highest BCUT2D eigenvalue weighted by Crippen LogP contribution is 2.17. The maximum atomic E-state index is 5.24. The quantitative estimate of drug-likeness (QED) is 0.526. The van der Waals surface area contributed by atoms with E-state index in [9.17, 15) is 0 Å². The first kappa shape index (κ1) is 14.6. The predicted molar refractivity (Wildman–Crippen MR) is 80.4 cm³/mol. The first-order valence-electron chi connectivity index (χ1n) is 5.85. The summed E-state index contributed by atoms with van der Waals surface area (Å²) < 4.78 is 1.10. The molecule has 96 valence electrons. The molecule has 0 aliphatic heterocycles. The Hall–Kier alpha value is -1.47. The Morgan fingerprint density at radius 2 is 2.22 bits per heavy atom. The molecule has 0 fully saturated rings. The Labute approximate surface area is 117 Å². The van der Waals surface area contributed by atoms with E-state index in [1.54, 1.807) is 0 Å². The average Bonchev–Trinajstić information content (AvgIpc) is 2.37. The first-order chi connectivity index (χ1) is 8.69. The van der Waals surface area contributed by atoms with Crippen LogP contribution in [0.3, 0.4) is 0 Å². The number of nitrogens with zero attached hydrogens (tertiary/aromatic N) is 2. The van der Waals surface area contributed by atoms with Crippen molar-refractivity contribution in [1.82, 2.24) is 10.2 Å². The van der Waals surface area contributed by atoms with Gasteiger partial charge in [-0.15, -0.1) is 6.42 Å². The summed E-state index contributed by atoms with van der Waals surface area (Å²) in [7, 11) is 2.00. The highest BCUT2D eigenvalue weighted by molar-refractivity contribution is 9.10. The highest BCUT2D eigenvalue weighted by atomic mass is 79.9. The number of guanidine groups is 1. The summed E-state index contributed by atoms with van der Waals surface area (Å²) in [5, 5.41) is 3.22. The van der Waals surface area contributed by atoms with Gasteiger partial charge in [-0.3, -0.25) is 0 Å². The van der Waals surface area contributed by atoms with E-state index in [-0.39, 0.29) is 0 Å². The smallest absolute Gasteiger partial charge is 0.194 e. The number of aliphatic imine (C=N–C) groups is 1. The van der Waals surface area contributed by atoms with Crippen LogP contribution >= 0.6 is 15.9 Å². The minimum Gasteiger partial charge on any atom is -0.356 e. The molecule has 18 heavy (non-hydrogen) atoms. The molecule has 0 spiro atoms. The Bertz CT molecular complexity index is 449. The summed E-state index contributed by atoms with van der Waals surface area (Å²) in [6.45, 7) is 4.03. The van der Waals surface area contributed by atoms with E-state index < -0.39 is 0 Å². The molecule has 1 aromatic carbocycles. The SMILES string of the molecule is C#CCN=C(NCC)N(C)Cc1ccccc1Br. The number of hydrogen-bond acceptors (Lipinski definition) is 1. The molecule has 0 saturated heterocycles. The fourth-order valence-electron chi connectivity index (χ4n) is 1.55. The van der Waals surface area contributed by atoms with E-state index in [1.807, 2.05) is 32.2 Å². The van der Waals surface area contributed by atoms with Crippen molar-refractivity contribution in [1.29, 1.82) is 0 Å². The highest BCUT2D eigenvalue weighted by Gasteiger charge is 2.07. The summed E-state index contributed by atoms with van der Waals surface area (Å²) in [5.41, 5.74) is 1.21. The number of terminal acetylenes is 1. The van der Waals surface area contributed by atoms with Crippen molar-refractivity contribution in [2.24, 2.45) is 4.99 Å². The summed E-state index contributed by atoms with van der Waals surface area (Å²) >= 11 is 3.55. The van der Waals surface area contributed by atoms with Crippen molar-refractivity contribution in [3.05, 3.63) is 34.3 Å². The van der Waals surface area contributed by atoms with Crippen LogP contribution in [0.25, 0.3) is 0 Å². The van der Waals surface area contributed by atoms with Crippen molar-refractivity contribution in [2.45, 2.75) is 13.5 Å². The maximum Gasteiger partial charge on any atom is 0.194 e. The lowest BCUT2D eigenvalue weighted by atomic mass is 10.2. The lowest BCUT2D eigenvalue weighted by Crippen LogP contribution is -2.38. The molecule has 0 heterocycles. The molecule has 0 saturated carbocycles. The van der Waals surface area contributed by atoms with Crippen molar-refractivity contribution in [3.8, 4) is 12.3 Å². The van der Waals surface area contributed by atoms with Crippen LogP contribution in [0.15, 0.2) is 33.7 Å². The molecule has 0 unspecified atom stereocenters. The van der Waals surface area contributed by atoms with Crippen LogP contribution in [0, 0.1) is 12.3 Å². The van der Waals surface area contributed by atoms with E-state index >= 15 is 0 Å². The molecule has 3 nitrogen and oxygen atoms in total. The number of rotatable bonds is 4. The maximum absolute atomic E-state index is 5.24. The summed E-state index contributed by atoms with van der Waals surface area (Å²) in [6, 6.07) is 8.16. The van der Waals surface area contributed by atoms with Gasteiger partial charge in [-0.25, -0.2) is 4.99 Å². The van der Waals surface area contributed by atoms with Gasteiger partial charge in [-0.2, -0.15) is 0 Å². The predicted octanol–water partition coefficient (Wildman–Crippen LogP) is 2.48. The van der Waals surface area contributed by atoms with Gasteiger partial charge in [0, 0.05) is 24.6 Å². The van der Waals surface area contributed by atoms with E-state index in [0.29, 0.717) is 6.54 Å². The fraction of sp³-hybridized carbons (Fsp3) is 0.357. The van der Waals surface area contributed by atoms with Gasteiger partial charge < -0.3 is 10.2 Å². The molecule has 1 aromatic rings. The molecule has 1 rings (SSSR count). The number of benzene rings is 1. The molecule has 0 atom stereocenters. The Morgan fingerprint density at radius 3 is 2.83 bits per heavy atom. The Balaban J connectivity index is 2.76. The number of halogens is 1. The lowest BCUT2D eigenvalue weighted by molar-refractivity contribution is 0.477. The van der Waals surface area contributed by atoms with Crippen LogP contribution < -0.4 is 5.32 Å². The molecular weight excluding hydrogens is 290 g/mol. The zero-order valence-electron chi connectivity index (χ0n) is 10.8. The number of nitrogens with one attached hydrogen (secondary N) is 1. The van der Waals surface area contributed by atoms with Crippen LogP contribution in [0.4, 0.5) is 0 Å². The second-order valence-electron chi connectivity index (χ2n) is 3.82. The third-order valence-electron chi connectivity index (χ3n) is 2.38. The summed E-state index contributed by atoms with van der Waals surface area (Å²) in [4.78, 5) is 6.39. The van der Waals surface area contributed by atoms with Gasteiger partial charge in [0.15, 0.2) is 5.96 Å². The Kier molecular flexibility index (Phi) is 6.31. The van der Waals surface area contributed by atoms with Gasteiger partial charge in [0.2, 0.25) is 0 Å². The largest absolute Gasteiger partial charge is 0.356 e. The van der Waals surface area contributed by atoms with E-state index in [1.165, 1.54) is 5.56 Å². The molecule has 0 aromatic heterocycles. The standard InChI is InChI=1S/C14H18BrN3/c1-4-10-17-14(16-5-2)18(3)11-12-8-6-7-9-13(12)15/h1,6-9H,5,10-11H2,2-3H3,(H,16,17). The zero-order chi connectivity index (χ0) is 13.4. The lowest BCUT2D eigenvalue weighted by Gasteiger charge is -2.22. The van der Waals surface area contributed by atoms with Crippen LogP contribution in [-0.2, 0) is 6.54 Å². The van der Waals surface area contributed by atoms with Crippen LogP contribution in [0.2, 0.25) is 0 Å². The molecule has 1 N–H and O–H groups in total. The van der Waals surface area contributed by atoms with E-state index in [0.717, 1.165) is 23.5 Å². The molecular formula is C14H18BrN3. The summed E-state index contributed by atoms with van der Waals surface area (Å²) in [5.74, 6) is 3.35. The monoisotopic (exact) mass is 307 g/mol. The molecule has 0 aliphatic carbocycles. The van der Waals surface area contributed by atoms with E-state index in [4.69, 9.17) is 6.42 Å². The van der Waals surface area contributed by atoms with Gasteiger partial charge in [0.1, 0.15) is 6.54 Å². The average molecular weight is 308 g/mol. The zero-order valence-corrected chi connectivity index (χ0v) is 12.4. The Morgan fingerprint density at radius 1 is 1.50 bits per heavy atom. The fourth-order valence-corrected chi connectivity index (χ4v) is 1.96. The molecule has 0 amide bonds. The van der Waals surface area contributed by atoms with Gasteiger partial charge >= 0.3 is 0 Å².